The molecule has 2 heterocycles. The van der Waals surface area contributed by atoms with E-state index in [1.54, 1.807) is 0 Å². The summed E-state index contributed by atoms with van der Waals surface area (Å²) in [4.78, 5) is 25.0. The number of imidazole rings is 1. The van der Waals surface area contributed by atoms with Gasteiger partial charge < -0.3 is 10.3 Å². The number of carbonyl (C=O) groups excluding carboxylic acids is 1. The number of amides is 1. The highest BCUT2D eigenvalue weighted by Crippen LogP contribution is 2.17. The maximum atomic E-state index is 11.9. The van der Waals surface area contributed by atoms with Gasteiger partial charge in [0.05, 0.1) is 17.6 Å². The van der Waals surface area contributed by atoms with E-state index in [2.05, 4.69) is 15.3 Å². The number of rotatable bonds is 6. The number of aromatic amines is 1. The van der Waals surface area contributed by atoms with E-state index in [1.165, 1.54) is 0 Å². The first-order valence-corrected chi connectivity index (χ1v) is 8.37. The average molecular weight is 337 g/mol. The topological polar surface area (TPSA) is 70.2 Å². The summed E-state index contributed by atoms with van der Waals surface area (Å²) >= 11 is 5.95. The van der Waals surface area contributed by atoms with Crippen LogP contribution in [0.15, 0.2) is 18.2 Å². The number of hydrogen-bond donors (Lipinski definition) is 2. The van der Waals surface area contributed by atoms with Crippen LogP contribution in [0.4, 0.5) is 0 Å². The number of fused-ring (bicyclic) bond motifs is 1. The molecule has 7 heteroatoms. The molecule has 1 saturated heterocycles. The summed E-state index contributed by atoms with van der Waals surface area (Å²) < 4.78 is 0. The molecule has 2 aromatic rings. The third kappa shape index (κ3) is 4.67. The van der Waals surface area contributed by atoms with E-state index >= 15 is 0 Å². The Morgan fingerprint density at radius 1 is 1.43 bits per heavy atom. The van der Waals surface area contributed by atoms with Crippen molar-refractivity contribution in [2.75, 3.05) is 26.2 Å². The zero-order chi connectivity index (χ0) is 16.1. The molecule has 0 saturated carbocycles. The van der Waals surface area contributed by atoms with Gasteiger partial charge in [0.25, 0.3) is 0 Å². The fraction of sp³-hybridized carbons (Fsp3) is 0.500. The van der Waals surface area contributed by atoms with Gasteiger partial charge in [-0.05, 0) is 31.0 Å². The van der Waals surface area contributed by atoms with Crippen molar-refractivity contribution >= 4 is 28.5 Å². The van der Waals surface area contributed by atoms with Crippen LogP contribution < -0.4 is 5.32 Å². The standard InChI is InChI=1S/C16H21ClN4O2/c17-12-3-4-13-14(11-12)20-15(19-13)5-7-18-16(22)6-9-21-8-1-2-10-23-21/h3-4,11H,1-2,5-10H2,(H,18,22)(H,19,20). The number of carbonyl (C=O) groups is 1. The number of H-pyrrole nitrogens is 1. The number of halogens is 1. The molecule has 3 rings (SSSR count). The Hall–Kier alpha value is -1.63. The molecule has 1 aromatic heterocycles. The lowest BCUT2D eigenvalue weighted by molar-refractivity contribution is -0.181. The van der Waals surface area contributed by atoms with E-state index < -0.39 is 0 Å². The molecule has 1 amide bonds. The van der Waals surface area contributed by atoms with Gasteiger partial charge in [0, 0.05) is 37.5 Å². The van der Waals surface area contributed by atoms with Crippen molar-refractivity contribution < 1.29 is 9.63 Å². The third-order valence-electron chi connectivity index (χ3n) is 3.84. The molecule has 2 N–H and O–H groups in total. The van der Waals surface area contributed by atoms with E-state index in [4.69, 9.17) is 16.4 Å². The molecule has 0 spiro atoms. The first-order valence-electron chi connectivity index (χ1n) is 7.99. The van der Waals surface area contributed by atoms with Gasteiger partial charge in [0.1, 0.15) is 5.82 Å². The summed E-state index contributed by atoms with van der Waals surface area (Å²) in [6.45, 7) is 2.88. The number of nitrogens with one attached hydrogen (secondary N) is 2. The number of nitrogens with zero attached hydrogens (tertiary/aromatic N) is 2. The van der Waals surface area contributed by atoms with E-state index in [1.807, 2.05) is 23.3 Å². The second-order valence-corrected chi connectivity index (χ2v) is 6.10. The predicted octanol–water partition coefficient (Wildman–Crippen LogP) is 2.29. The number of hydroxylamine groups is 2. The van der Waals surface area contributed by atoms with Crippen molar-refractivity contribution in [2.24, 2.45) is 0 Å². The van der Waals surface area contributed by atoms with Gasteiger partial charge in [-0.2, -0.15) is 5.06 Å². The summed E-state index contributed by atoms with van der Waals surface area (Å²) in [6.07, 6.45) is 3.36. The van der Waals surface area contributed by atoms with Gasteiger partial charge in [-0.1, -0.05) is 11.6 Å². The maximum absolute atomic E-state index is 11.9. The van der Waals surface area contributed by atoms with Crippen molar-refractivity contribution in [3.8, 4) is 0 Å². The van der Waals surface area contributed by atoms with Crippen LogP contribution >= 0.6 is 11.6 Å². The summed E-state index contributed by atoms with van der Waals surface area (Å²) in [5.41, 5.74) is 1.80. The van der Waals surface area contributed by atoms with Gasteiger partial charge in [0.2, 0.25) is 5.91 Å². The Labute approximate surface area is 140 Å². The highest BCUT2D eigenvalue weighted by Gasteiger charge is 2.12. The Morgan fingerprint density at radius 2 is 2.35 bits per heavy atom. The Kier molecular flexibility index (Phi) is 5.48. The van der Waals surface area contributed by atoms with Crippen molar-refractivity contribution in [1.29, 1.82) is 0 Å². The van der Waals surface area contributed by atoms with E-state index in [-0.39, 0.29) is 5.91 Å². The minimum atomic E-state index is 0.0401. The first-order chi connectivity index (χ1) is 11.2. The van der Waals surface area contributed by atoms with Crippen LogP contribution in [0.5, 0.6) is 0 Å². The van der Waals surface area contributed by atoms with E-state index in [0.29, 0.717) is 31.0 Å². The number of aromatic nitrogens is 2. The largest absolute Gasteiger partial charge is 0.356 e. The summed E-state index contributed by atoms with van der Waals surface area (Å²) in [7, 11) is 0. The zero-order valence-corrected chi connectivity index (χ0v) is 13.7. The monoisotopic (exact) mass is 336 g/mol. The molecule has 1 fully saturated rings. The van der Waals surface area contributed by atoms with Gasteiger partial charge >= 0.3 is 0 Å². The molecule has 0 atom stereocenters. The lowest BCUT2D eigenvalue weighted by Crippen LogP contribution is -2.34. The van der Waals surface area contributed by atoms with Gasteiger partial charge in [-0.15, -0.1) is 0 Å². The van der Waals surface area contributed by atoms with Crippen LogP contribution in [-0.2, 0) is 16.1 Å². The van der Waals surface area contributed by atoms with Crippen LogP contribution in [0, 0.1) is 0 Å². The molecule has 1 aromatic carbocycles. The summed E-state index contributed by atoms with van der Waals surface area (Å²) in [5, 5.41) is 5.48. The predicted molar refractivity (Wildman–Crippen MR) is 89.2 cm³/mol. The minimum absolute atomic E-state index is 0.0401. The van der Waals surface area contributed by atoms with E-state index in [0.717, 1.165) is 42.9 Å². The first kappa shape index (κ1) is 16.2. The summed E-state index contributed by atoms with van der Waals surface area (Å²) in [5.74, 6) is 0.889. The molecule has 0 radical (unpaired) electrons. The second-order valence-electron chi connectivity index (χ2n) is 5.66. The summed E-state index contributed by atoms with van der Waals surface area (Å²) in [6, 6.07) is 5.55. The Bertz CT molecular complexity index is 667. The van der Waals surface area contributed by atoms with Crippen LogP contribution in [0.2, 0.25) is 5.02 Å². The fourth-order valence-corrected chi connectivity index (χ4v) is 2.78. The zero-order valence-electron chi connectivity index (χ0n) is 13.0. The van der Waals surface area contributed by atoms with Crippen molar-refractivity contribution in [3.63, 3.8) is 0 Å². The van der Waals surface area contributed by atoms with Crippen LogP contribution in [0.3, 0.4) is 0 Å². The highest BCUT2D eigenvalue weighted by molar-refractivity contribution is 6.31. The molecule has 1 aliphatic rings. The fourth-order valence-electron chi connectivity index (χ4n) is 2.61. The van der Waals surface area contributed by atoms with Gasteiger partial charge in [-0.3, -0.25) is 9.63 Å². The average Bonchev–Trinajstić information content (AvgIpc) is 2.95. The second kappa shape index (κ2) is 7.77. The highest BCUT2D eigenvalue weighted by atomic mass is 35.5. The van der Waals surface area contributed by atoms with Gasteiger partial charge in [-0.25, -0.2) is 4.98 Å². The van der Waals surface area contributed by atoms with Crippen molar-refractivity contribution in [1.82, 2.24) is 20.3 Å². The smallest absolute Gasteiger partial charge is 0.221 e. The number of hydrogen-bond acceptors (Lipinski definition) is 4. The van der Waals surface area contributed by atoms with Crippen LogP contribution in [0.25, 0.3) is 11.0 Å². The van der Waals surface area contributed by atoms with Gasteiger partial charge in [0.15, 0.2) is 0 Å². The molecule has 6 nitrogen and oxygen atoms in total. The Morgan fingerprint density at radius 3 is 3.17 bits per heavy atom. The SMILES string of the molecule is O=C(CCN1CCCCO1)NCCc1nc2ccc(Cl)cc2[nH]1. The molecular weight excluding hydrogens is 316 g/mol. The van der Waals surface area contributed by atoms with E-state index in [9.17, 15) is 4.79 Å². The minimum Gasteiger partial charge on any atom is -0.356 e. The van der Waals surface area contributed by atoms with Crippen LogP contribution in [-0.4, -0.2) is 47.2 Å². The molecule has 23 heavy (non-hydrogen) atoms. The third-order valence-corrected chi connectivity index (χ3v) is 4.08. The lowest BCUT2D eigenvalue weighted by Gasteiger charge is -2.25. The maximum Gasteiger partial charge on any atom is 0.221 e. The number of benzene rings is 1. The lowest BCUT2D eigenvalue weighted by atomic mass is 10.3. The Balaban J connectivity index is 1.40. The molecule has 0 bridgehead atoms. The van der Waals surface area contributed by atoms with Crippen molar-refractivity contribution in [3.05, 3.63) is 29.0 Å². The normalized spacial score (nSPS) is 15.9. The molecular formula is C16H21ClN4O2. The molecule has 124 valence electrons. The molecule has 0 aliphatic carbocycles. The molecule has 0 unspecified atom stereocenters. The molecule has 1 aliphatic heterocycles. The quantitative estimate of drug-likeness (QED) is 0.849. The van der Waals surface area contributed by atoms with Crippen molar-refractivity contribution in [2.45, 2.75) is 25.7 Å². The van der Waals surface area contributed by atoms with Crippen LogP contribution in [0.1, 0.15) is 25.1 Å².